The van der Waals surface area contributed by atoms with Crippen LogP contribution in [-0.4, -0.2) is 38.6 Å². The minimum atomic E-state index is -0.513. The van der Waals surface area contributed by atoms with E-state index >= 15 is 0 Å². The van der Waals surface area contributed by atoms with Crippen LogP contribution in [0.25, 0.3) is 6.08 Å². The van der Waals surface area contributed by atoms with Crippen molar-refractivity contribution >= 4 is 29.7 Å². The van der Waals surface area contributed by atoms with Crippen LogP contribution in [0.1, 0.15) is 77.1 Å². The number of aromatic amines is 2. The van der Waals surface area contributed by atoms with Crippen molar-refractivity contribution in [3.63, 3.8) is 0 Å². The molecule has 2 aromatic rings. The second-order valence-electron chi connectivity index (χ2n) is 9.02. The van der Waals surface area contributed by atoms with Gasteiger partial charge in [-0.1, -0.05) is 0 Å². The van der Waals surface area contributed by atoms with Crippen LogP contribution in [-0.2, 0) is 11.2 Å². The van der Waals surface area contributed by atoms with Crippen LogP contribution in [0, 0.1) is 5.92 Å². The summed E-state index contributed by atoms with van der Waals surface area (Å²) in [5, 5.41) is 7.16. The van der Waals surface area contributed by atoms with Gasteiger partial charge in [-0.05, 0) is 61.1 Å². The maximum atomic E-state index is 12.6. The summed E-state index contributed by atoms with van der Waals surface area (Å²) >= 11 is 0. The molecule has 6 rings (SSSR count). The molecular formula is C24H25N7O2. The monoisotopic (exact) mass is 443 g/mol. The quantitative estimate of drug-likeness (QED) is 0.468. The predicted molar refractivity (Wildman–Crippen MR) is 124 cm³/mol. The lowest BCUT2D eigenvalue weighted by atomic mass is 9.95. The van der Waals surface area contributed by atoms with E-state index in [0.29, 0.717) is 36.2 Å². The molecule has 0 aromatic carbocycles. The zero-order chi connectivity index (χ0) is 22.4. The molecule has 2 aliphatic heterocycles. The number of aliphatic imine (C=N–C) groups is 1. The molecule has 33 heavy (non-hydrogen) atoms. The SMILES string of the molecule is O=C(CCc1c(C2CC2)[nH]c(C=C2NC=CN=C2C2C=NNC2=O)c1C1CC1)c1ncc[nH]1. The van der Waals surface area contributed by atoms with Gasteiger partial charge in [0.1, 0.15) is 5.92 Å². The molecule has 2 saturated carbocycles. The number of carbonyl (C=O) groups excluding carboxylic acids is 2. The molecule has 4 heterocycles. The normalized spacial score (nSPS) is 23.0. The summed E-state index contributed by atoms with van der Waals surface area (Å²) in [7, 11) is 0. The summed E-state index contributed by atoms with van der Waals surface area (Å²) in [5.74, 6) is 0.797. The number of allylic oxidation sites excluding steroid dienone is 1. The van der Waals surface area contributed by atoms with E-state index in [-0.39, 0.29) is 11.7 Å². The molecule has 2 aliphatic carbocycles. The fraction of sp³-hybridized carbons (Fsp3) is 0.375. The maximum Gasteiger partial charge on any atom is 0.254 e. The Balaban J connectivity index is 1.35. The van der Waals surface area contributed by atoms with E-state index in [1.165, 1.54) is 29.7 Å². The Hall–Kier alpha value is -3.75. The standard InChI is InChI=1S/C24H25N7O2/c32-19(23-27-9-10-28-23)6-5-15-20(13-1-2-13)17(30-21(15)14-3-4-14)11-18-22(26-8-7-25-18)16-12-29-31-24(16)33/h7-14,16,25,30H,1-6H2,(H,27,28)(H,31,33). The van der Waals surface area contributed by atoms with Crippen LogP contribution < -0.4 is 10.7 Å². The van der Waals surface area contributed by atoms with E-state index < -0.39 is 5.92 Å². The number of aromatic nitrogens is 3. The van der Waals surface area contributed by atoms with E-state index in [4.69, 9.17) is 0 Å². The van der Waals surface area contributed by atoms with Gasteiger partial charge in [0.2, 0.25) is 0 Å². The van der Waals surface area contributed by atoms with Crippen LogP contribution in [0.5, 0.6) is 0 Å². The van der Waals surface area contributed by atoms with E-state index in [1.54, 1.807) is 31.0 Å². The number of hydrogen-bond acceptors (Lipinski definition) is 6. The fourth-order valence-corrected chi connectivity index (χ4v) is 4.72. The van der Waals surface area contributed by atoms with Crippen LogP contribution in [0.4, 0.5) is 0 Å². The number of hydrogen-bond donors (Lipinski definition) is 4. The Kier molecular flexibility index (Phi) is 4.82. The van der Waals surface area contributed by atoms with Crippen molar-refractivity contribution in [2.45, 2.75) is 50.4 Å². The highest BCUT2D eigenvalue weighted by Crippen LogP contribution is 2.50. The number of ketones is 1. The molecule has 1 amide bonds. The summed E-state index contributed by atoms with van der Waals surface area (Å²) < 4.78 is 0. The summed E-state index contributed by atoms with van der Waals surface area (Å²) in [6.45, 7) is 0. The zero-order valence-corrected chi connectivity index (χ0v) is 18.1. The molecule has 0 bridgehead atoms. The third-order valence-electron chi connectivity index (χ3n) is 6.61. The van der Waals surface area contributed by atoms with Gasteiger partial charge in [-0.2, -0.15) is 5.10 Å². The Bertz CT molecular complexity index is 1220. The van der Waals surface area contributed by atoms with Crippen molar-refractivity contribution < 1.29 is 9.59 Å². The molecule has 0 saturated heterocycles. The molecule has 2 fully saturated rings. The van der Waals surface area contributed by atoms with Gasteiger partial charge in [-0.25, -0.2) is 10.4 Å². The Morgan fingerprint density at radius 1 is 1.18 bits per heavy atom. The lowest BCUT2D eigenvalue weighted by Crippen LogP contribution is -2.32. The largest absolute Gasteiger partial charge is 0.359 e. The van der Waals surface area contributed by atoms with Crippen molar-refractivity contribution in [1.29, 1.82) is 0 Å². The third kappa shape index (κ3) is 3.83. The van der Waals surface area contributed by atoms with Gasteiger partial charge in [0, 0.05) is 48.8 Å². The number of nitrogens with zero attached hydrogens (tertiary/aromatic N) is 3. The first-order chi connectivity index (χ1) is 16.2. The van der Waals surface area contributed by atoms with Gasteiger partial charge in [-0.15, -0.1) is 0 Å². The highest BCUT2D eigenvalue weighted by Gasteiger charge is 2.36. The number of Topliss-reactive ketones (excluding diaryl/α,β-unsaturated/α-hetero) is 1. The number of nitrogens with one attached hydrogen (secondary N) is 4. The van der Waals surface area contributed by atoms with Crippen LogP contribution in [0.2, 0.25) is 0 Å². The van der Waals surface area contributed by atoms with E-state index in [1.807, 2.05) is 0 Å². The Morgan fingerprint density at radius 3 is 2.73 bits per heavy atom. The second-order valence-corrected chi connectivity index (χ2v) is 9.02. The molecule has 4 aliphatic rings. The minimum absolute atomic E-state index is 0.0321. The van der Waals surface area contributed by atoms with Gasteiger partial charge in [0.15, 0.2) is 11.6 Å². The first-order valence-electron chi connectivity index (χ1n) is 11.5. The summed E-state index contributed by atoms with van der Waals surface area (Å²) in [4.78, 5) is 40.0. The molecule has 2 aromatic heterocycles. The fourth-order valence-electron chi connectivity index (χ4n) is 4.72. The van der Waals surface area contributed by atoms with Crippen LogP contribution in [0.15, 0.2) is 40.6 Å². The lowest BCUT2D eigenvalue weighted by Gasteiger charge is -2.16. The average molecular weight is 444 g/mol. The number of amides is 1. The van der Waals surface area contributed by atoms with Gasteiger partial charge in [-0.3, -0.25) is 14.6 Å². The number of H-pyrrole nitrogens is 2. The van der Waals surface area contributed by atoms with Crippen LogP contribution >= 0.6 is 0 Å². The average Bonchev–Trinajstić information content (AvgIpc) is 3.71. The molecule has 9 heteroatoms. The van der Waals surface area contributed by atoms with Crippen molar-refractivity contribution in [1.82, 2.24) is 25.7 Å². The second kappa shape index (κ2) is 7.99. The molecular weight excluding hydrogens is 418 g/mol. The first kappa shape index (κ1) is 19.9. The smallest absolute Gasteiger partial charge is 0.254 e. The molecule has 0 spiro atoms. The van der Waals surface area contributed by atoms with Crippen LogP contribution in [0.3, 0.4) is 0 Å². The molecule has 1 unspecified atom stereocenters. The van der Waals surface area contributed by atoms with Gasteiger partial charge < -0.3 is 15.3 Å². The summed E-state index contributed by atoms with van der Waals surface area (Å²) in [6, 6.07) is 0. The summed E-state index contributed by atoms with van der Waals surface area (Å²) in [5.41, 5.74) is 8.85. The van der Waals surface area contributed by atoms with E-state index in [0.717, 1.165) is 24.2 Å². The first-order valence-corrected chi connectivity index (χ1v) is 11.5. The zero-order valence-electron chi connectivity index (χ0n) is 18.1. The van der Waals surface area contributed by atoms with Gasteiger partial charge in [0.05, 0.1) is 11.4 Å². The highest BCUT2D eigenvalue weighted by atomic mass is 16.2. The van der Waals surface area contributed by atoms with Crippen molar-refractivity contribution in [3.05, 3.63) is 58.8 Å². The van der Waals surface area contributed by atoms with Gasteiger partial charge >= 0.3 is 0 Å². The number of carbonyl (C=O) groups is 2. The van der Waals surface area contributed by atoms with Crippen molar-refractivity contribution in [3.8, 4) is 0 Å². The Labute approximate surface area is 190 Å². The number of imidazole rings is 1. The van der Waals surface area contributed by atoms with E-state index in [9.17, 15) is 9.59 Å². The lowest BCUT2D eigenvalue weighted by molar-refractivity contribution is -0.120. The third-order valence-corrected chi connectivity index (χ3v) is 6.61. The number of rotatable bonds is 8. The highest BCUT2D eigenvalue weighted by molar-refractivity contribution is 6.24. The van der Waals surface area contributed by atoms with E-state index in [2.05, 4.69) is 41.9 Å². The predicted octanol–water partition coefficient (Wildman–Crippen LogP) is 2.90. The molecule has 1 atom stereocenters. The Morgan fingerprint density at radius 2 is 2.03 bits per heavy atom. The topological polar surface area (TPSA) is 127 Å². The van der Waals surface area contributed by atoms with Crippen molar-refractivity contribution in [2.24, 2.45) is 16.0 Å². The number of hydrazone groups is 1. The van der Waals surface area contributed by atoms with Gasteiger partial charge in [0.25, 0.3) is 5.91 Å². The minimum Gasteiger partial charge on any atom is -0.359 e. The van der Waals surface area contributed by atoms with Crippen molar-refractivity contribution in [2.75, 3.05) is 0 Å². The molecule has 0 radical (unpaired) electrons. The maximum absolute atomic E-state index is 12.6. The molecule has 4 N–H and O–H groups in total. The molecule has 168 valence electrons. The summed E-state index contributed by atoms with van der Waals surface area (Å²) in [6.07, 6.45) is 16.2. The molecule has 9 nitrogen and oxygen atoms in total.